The van der Waals surface area contributed by atoms with Crippen LogP contribution in [-0.4, -0.2) is 35.9 Å². The Morgan fingerprint density at radius 2 is 1.87 bits per heavy atom. The van der Waals surface area contributed by atoms with E-state index in [1.807, 2.05) is 6.92 Å². The van der Waals surface area contributed by atoms with Crippen LogP contribution in [0.5, 0.6) is 0 Å². The zero-order valence-corrected chi connectivity index (χ0v) is 22.2. The molecule has 1 unspecified atom stereocenters. The van der Waals surface area contributed by atoms with Crippen LogP contribution in [-0.2, 0) is 27.2 Å². The summed E-state index contributed by atoms with van der Waals surface area (Å²) in [5.74, 6) is -0.143. The van der Waals surface area contributed by atoms with E-state index in [1.54, 1.807) is 24.3 Å². The number of aryl methyl sites for hydroxylation is 1. The highest BCUT2D eigenvalue weighted by Crippen LogP contribution is 2.41. The van der Waals surface area contributed by atoms with Crippen LogP contribution < -0.4 is 21.0 Å². The SMILES string of the molecule is CC1=NN(c2cccc(NC(=O)C3CCc4sc(NC(=O)C5CC5)c(C(=O)NCC5CC5)c4C3)c2)C(=O)C1.[HH].[HH].[HH]. The number of nitrogens with one attached hydrogen (secondary N) is 3. The van der Waals surface area contributed by atoms with Crippen molar-refractivity contribution < 1.29 is 23.5 Å². The van der Waals surface area contributed by atoms with Gasteiger partial charge in [-0.2, -0.15) is 5.10 Å². The van der Waals surface area contributed by atoms with Crippen LogP contribution in [0.15, 0.2) is 29.4 Å². The van der Waals surface area contributed by atoms with E-state index in [0.29, 0.717) is 60.1 Å². The summed E-state index contributed by atoms with van der Waals surface area (Å²) in [7, 11) is 0. The summed E-state index contributed by atoms with van der Waals surface area (Å²) >= 11 is 1.47. The van der Waals surface area contributed by atoms with Gasteiger partial charge in [-0.1, -0.05) is 6.07 Å². The van der Waals surface area contributed by atoms with Gasteiger partial charge in [-0.05, 0) is 81.5 Å². The second-order valence-electron chi connectivity index (χ2n) is 10.8. The number of carbonyl (C=O) groups excluding carboxylic acids is 4. The Bertz CT molecular complexity index is 1370. The van der Waals surface area contributed by atoms with Crippen molar-refractivity contribution in [3.8, 4) is 0 Å². The normalized spacial score (nSPS) is 20.6. The number of thiophene rings is 1. The third kappa shape index (κ3) is 5.22. The van der Waals surface area contributed by atoms with Gasteiger partial charge in [-0.25, -0.2) is 5.01 Å². The monoisotopic (exact) mass is 539 g/mol. The Hall–Kier alpha value is -3.53. The number of hydrogen-bond donors (Lipinski definition) is 3. The predicted molar refractivity (Wildman–Crippen MR) is 153 cm³/mol. The number of anilines is 3. The van der Waals surface area contributed by atoms with E-state index in [4.69, 9.17) is 0 Å². The van der Waals surface area contributed by atoms with E-state index in [2.05, 4.69) is 21.1 Å². The topological polar surface area (TPSA) is 120 Å². The molecule has 204 valence electrons. The van der Waals surface area contributed by atoms with Crippen LogP contribution in [0.3, 0.4) is 0 Å². The maximum atomic E-state index is 13.3. The van der Waals surface area contributed by atoms with Gasteiger partial charge in [-0.3, -0.25) is 19.2 Å². The lowest BCUT2D eigenvalue weighted by molar-refractivity contribution is -0.120. The van der Waals surface area contributed by atoms with Gasteiger partial charge in [0.2, 0.25) is 11.8 Å². The minimum Gasteiger partial charge on any atom is -0.352 e. The maximum absolute atomic E-state index is 13.3. The Morgan fingerprint density at radius 3 is 2.58 bits per heavy atom. The highest BCUT2D eigenvalue weighted by molar-refractivity contribution is 7.17. The summed E-state index contributed by atoms with van der Waals surface area (Å²) in [5, 5.41) is 15.3. The highest BCUT2D eigenvalue weighted by Gasteiger charge is 2.35. The van der Waals surface area contributed by atoms with Gasteiger partial charge in [0.25, 0.3) is 11.8 Å². The highest BCUT2D eigenvalue weighted by atomic mass is 32.1. The molecule has 6 rings (SSSR count). The number of benzene rings is 1. The summed E-state index contributed by atoms with van der Waals surface area (Å²) in [6, 6.07) is 7.12. The molecule has 0 bridgehead atoms. The predicted octanol–water partition coefficient (Wildman–Crippen LogP) is 4.83. The molecule has 0 spiro atoms. The van der Waals surface area contributed by atoms with Crippen molar-refractivity contribution in [2.24, 2.45) is 22.9 Å². The van der Waals surface area contributed by atoms with Crippen molar-refractivity contribution in [1.82, 2.24) is 5.32 Å². The second-order valence-corrected chi connectivity index (χ2v) is 11.9. The van der Waals surface area contributed by atoms with Gasteiger partial charge in [0.05, 0.1) is 17.7 Å². The lowest BCUT2D eigenvalue weighted by Gasteiger charge is -2.23. The number of amides is 4. The van der Waals surface area contributed by atoms with E-state index in [1.165, 1.54) is 16.3 Å². The number of hydrogen-bond acceptors (Lipinski definition) is 6. The molecule has 3 N–H and O–H groups in total. The molecule has 2 aromatic rings. The molecule has 1 aromatic carbocycles. The molecule has 10 heteroatoms. The fraction of sp³-hybridized carbons (Fsp3) is 0.464. The van der Waals surface area contributed by atoms with Crippen LogP contribution in [0.4, 0.5) is 16.4 Å². The largest absolute Gasteiger partial charge is 0.352 e. The first kappa shape index (κ1) is 24.8. The van der Waals surface area contributed by atoms with Crippen molar-refractivity contribution in [3.05, 3.63) is 40.3 Å². The summed E-state index contributed by atoms with van der Waals surface area (Å²) in [6.07, 6.45) is 6.12. The average Bonchev–Trinajstić information content (AvgIpc) is 3.82. The summed E-state index contributed by atoms with van der Waals surface area (Å²) in [4.78, 5) is 52.5. The molecule has 1 aliphatic heterocycles. The second kappa shape index (κ2) is 9.98. The summed E-state index contributed by atoms with van der Waals surface area (Å²) in [5.41, 5.74) is 3.36. The fourth-order valence-electron chi connectivity index (χ4n) is 5.06. The lowest BCUT2D eigenvalue weighted by Crippen LogP contribution is -2.31. The van der Waals surface area contributed by atoms with Crippen LogP contribution >= 0.6 is 11.3 Å². The Balaban J connectivity index is 0.00000154. The first-order valence-electron chi connectivity index (χ1n) is 13.4. The number of carbonyl (C=O) groups is 4. The minimum absolute atomic E-state index is 0. The van der Waals surface area contributed by atoms with Gasteiger partial charge < -0.3 is 16.0 Å². The smallest absolute Gasteiger partial charge is 0.254 e. The van der Waals surface area contributed by atoms with E-state index < -0.39 is 0 Å². The van der Waals surface area contributed by atoms with Gasteiger partial charge in [0.15, 0.2) is 0 Å². The Morgan fingerprint density at radius 1 is 1.08 bits per heavy atom. The van der Waals surface area contributed by atoms with Gasteiger partial charge >= 0.3 is 0 Å². The first-order chi connectivity index (χ1) is 18.4. The van der Waals surface area contributed by atoms with Crippen molar-refractivity contribution in [1.29, 1.82) is 0 Å². The molecule has 2 heterocycles. The summed E-state index contributed by atoms with van der Waals surface area (Å²) in [6.45, 7) is 2.46. The molecule has 9 nitrogen and oxygen atoms in total. The van der Waals surface area contributed by atoms with Gasteiger partial charge in [-0.15, -0.1) is 11.3 Å². The van der Waals surface area contributed by atoms with Crippen LogP contribution in [0, 0.1) is 17.8 Å². The summed E-state index contributed by atoms with van der Waals surface area (Å²) < 4.78 is 0. The molecule has 0 radical (unpaired) electrons. The van der Waals surface area contributed by atoms with Crippen LogP contribution in [0.2, 0.25) is 0 Å². The standard InChI is InChI=1S/C28H31N5O4S.3H2/c1-15-11-23(34)33(32-15)20-4-2-3-19(13-20)30-26(36)18-9-10-22-21(12-18)24(27(37)29-14-16-5-6-16)28(38-22)31-25(35)17-7-8-17;;;/h2-4,13,16-18H,5-12,14H2,1H3,(H,29,37)(H,30,36)(H,31,35);3*1H. The number of rotatable bonds is 8. The van der Waals surface area contributed by atoms with Crippen LogP contribution in [0.25, 0.3) is 0 Å². The van der Waals surface area contributed by atoms with Crippen molar-refractivity contribution in [2.45, 2.75) is 58.3 Å². The molecule has 2 fully saturated rings. The number of hydrazone groups is 1. The first-order valence-corrected chi connectivity index (χ1v) is 14.2. The van der Waals surface area contributed by atoms with E-state index in [-0.39, 0.29) is 39.7 Å². The van der Waals surface area contributed by atoms with E-state index >= 15 is 0 Å². The van der Waals surface area contributed by atoms with E-state index in [9.17, 15) is 19.2 Å². The third-order valence-electron chi connectivity index (χ3n) is 7.56. The molecule has 4 amide bonds. The third-order valence-corrected chi connectivity index (χ3v) is 8.77. The Labute approximate surface area is 229 Å². The quantitative estimate of drug-likeness (QED) is 0.445. The number of nitrogens with zero attached hydrogens (tertiary/aromatic N) is 2. The van der Waals surface area contributed by atoms with Gasteiger partial charge in [0.1, 0.15) is 5.00 Å². The maximum Gasteiger partial charge on any atom is 0.254 e. The molecule has 1 atom stereocenters. The molecule has 2 saturated carbocycles. The van der Waals surface area contributed by atoms with Crippen molar-refractivity contribution >= 4 is 57.1 Å². The van der Waals surface area contributed by atoms with Crippen LogP contribution in [0.1, 0.15) is 70.5 Å². The zero-order valence-electron chi connectivity index (χ0n) is 21.3. The van der Waals surface area contributed by atoms with Gasteiger partial charge in [0, 0.05) is 38.9 Å². The van der Waals surface area contributed by atoms with E-state index in [0.717, 1.165) is 41.8 Å². The molecule has 0 saturated heterocycles. The fourth-order valence-corrected chi connectivity index (χ4v) is 6.30. The Kier molecular flexibility index (Phi) is 6.51. The number of fused-ring (bicyclic) bond motifs is 1. The van der Waals surface area contributed by atoms with Crippen molar-refractivity contribution in [2.75, 3.05) is 22.2 Å². The molecule has 3 aliphatic carbocycles. The molecular formula is C28H37N5O4S. The molecular weight excluding hydrogens is 502 g/mol. The molecule has 38 heavy (non-hydrogen) atoms. The zero-order chi connectivity index (χ0) is 26.4. The lowest BCUT2D eigenvalue weighted by atomic mass is 9.85. The molecule has 1 aromatic heterocycles. The average molecular weight is 540 g/mol. The molecule has 4 aliphatic rings. The minimum atomic E-state index is -0.309. The van der Waals surface area contributed by atoms with Crippen molar-refractivity contribution in [3.63, 3.8) is 0 Å².